The van der Waals surface area contributed by atoms with E-state index in [0.29, 0.717) is 19.3 Å². The van der Waals surface area contributed by atoms with E-state index in [-0.39, 0.29) is 24.6 Å². The topological polar surface area (TPSA) is 154 Å². The number of nitrogens with two attached hydrogens (primary N) is 1. The number of aromatic amines is 1. The third-order valence-electron chi connectivity index (χ3n) is 4.44. The number of hydrogen-bond acceptors (Lipinski definition) is 7. The van der Waals surface area contributed by atoms with Gasteiger partial charge in [-0.05, 0) is 18.9 Å². The molecule has 0 aliphatic carbocycles. The summed E-state index contributed by atoms with van der Waals surface area (Å²) in [6, 6.07) is 2.62. The second-order valence-corrected chi connectivity index (χ2v) is 6.70. The lowest BCUT2D eigenvalue weighted by Gasteiger charge is -2.24. The van der Waals surface area contributed by atoms with Crippen LogP contribution in [0.3, 0.4) is 0 Å². The van der Waals surface area contributed by atoms with Gasteiger partial charge in [0.2, 0.25) is 5.75 Å². The molecule has 1 amide bonds. The van der Waals surface area contributed by atoms with Crippen LogP contribution in [-0.4, -0.2) is 33.5 Å². The molecule has 2 aromatic rings. The Hall–Kier alpha value is -3.70. The highest BCUT2D eigenvalue weighted by Gasteiger charge is 2.25. The van der Waals surface area contributed by atoms with Gasteiger partial charge in [-0.15, -0.1) is 0 Å². The summed E-state index contributed by atoms with van der Waals surface area (Å²) in [5, 5.41) is 11.1. The lowest BCUT2D eigenvalue weighted by Crippen LogP contribution is -2.43. The fourth-order valence-electron chi connectivity index (χ4n) is 2.93. The van der Waals surface area contributed by atoms with Crippen molar-refractivity contribution < 1.29 is 18.8 Å². The van der Waals surface area contributed by atoms with Gasteiger partial charge in [-0.2, -0.15) is 0 Å². The number of carbonyl (C=O) groups excluding carboxylic acids is 1. The molecule has 0 radical (unpaired) electrons. The van der Waals surface area contributed by atoms with Gasteiger partial charge in [0.25, 0.3) is 11.5 Å². The van der Waals surface area contributed by atoms with Crippen LogP contribution >= 0.6 is 0 Å². The first-order chi connectivity index (χ1) is 14.7. The monoisotopic (exact) mass is 437 g/mol. The summed E-state index contributed by atoms with van der Waals surface area (Å²) in [6.45, 7) is 3.31. The van der Waals surface area contributed by atoms with E-state index >= 15 is 0 Å². The summed E-state index contributed by atoms with van der Waals surface area (Å²) in [7, 11) is 0. The fraction of sp³-hybridized carbons (Fsp3) is 0.421. The summed E-state index contributed by atoms with van der Waals surface area (Å²) < 4.78 is 19.9. The quantitative estimate of drug-likeness (QED) is 0.424. The zero-order valence-electron chi connectivity index (χ0n) is 17.2. The highest BCUT2D eigenvalue weighted by molar-refractivity contribution is 5.96. The number of amides is 1. The van der Waals surface area contributed by atoms with Crippen LogP contribution in [0.1, 0.15) is 33.1 Å². The van der Waals surface area contributed by atoms with Crippen LogP contribution in [0.25, 0.3) is 0 Å². The minimum atomic E-state index is -0.837. The Morgan fingerprint density at radius 3 is 2.65 bits per heavy atom. The third kappa shape index (κ3) is 5.47. The molecular formula is C19H24FN5O6. The van der Waals surface area contributed by atoms with Crippen LogP contribution in [-0.2, 0) is 11.3 Å². The van der Waals surface area contributed by atoms with Crippen molar-refractivity contribution in [2.75, 3.05) is 23.8 Å². The van der Waals surface area contributed by atoms with E-state index in [4.69, 9.17) is 10.5 Å². The number of halogens is 1. The van der Waals surface area contributed by atoms with Gasteiger partial charge in [0.15, 0.2) is 12.3 Å². The first kappa shape index (κ1) is 23.6. The molecule has 0 spiro atoms. The van der Waals surface area contributed by atoms with Gasteiger partial charge in [0, 0.05) is 25.2 Å². The summed E-state index contributed by atoms with van der Waals surface area (Å²) in [4.78, 5) is 51.0. The normalized spacial score (nSPS) is 10.7. The molecule has 0 atom stereocenters. The molecule has 168 valence electrons. The molecule has 3 N–H and O–H groups in total. The maximum Gasteiger partial charge on any atom is 0.330 e. The number of ether oxygens (including phenoxy) is 1. The number of hydrogen-bond donors (Lipinski definition) is 2. The van der Waals surface area contributed by atoms with Crippen LogP contribution in [0.5, 0.6) is 5.75 Å². The minimum Gasteiger partial charge on any atom is -0.477 e. The first-order valence-electron chi connectivity index (χ1n) is 9.70. The van der Waals surface area contributed by atoms with E-state index in [1.165, 1.54) is 0 Å². The third-order valence-corrected chi connectivity index (χ3v) is 4.44. The Morgan fingerprint density at radius 1 is 1.32 bits per heavy atom. The number of nitrogens with zero attached hydrogens (tertiary/aromatic N) is 3. The average molecular weight is 437 g/mol. The number of nitro benzene ring substituents is 1. The molecule has 1 aromatic carbocycles. The van der Waals surface area contributed by atoms with Crippen molar-refractivity contribution in [3.63, 3.8) is 0 Å². The zero-order chi connectivity index (χ0) is 23.1. The zero-order valence-corrected chi connectivity index (χ0v) is 17.2. The molecule has 2 rings (SSSR count). The number of carbonyl (C=O) groups is 1. The van der Waals surface area contributed by atoms with Crippen LogP contribution < -0.4 is 26.6 Å². The number of nitrogens with one attached hydrogen (secondary N) is 1. The molecular weight excluding hydrogens is 413 g/mol. The van der Waals surface area contributed by atoms with E-state index < -0.39 is 45.9 Å². The van der Waals surface area contributed by atoms with Gasteiger partial charge in [-0.3, -0.25) is 29.3 Å². The minimum absolute atomic E-state index is 0.0988. The highest BCUT2D eigenvalue weighted by atomic mass is 19.1. The second-order valence-electron chi connectivity index (χ2n) is 6.70. The summed E-state index contributed by atoms with van der Waals surface area (Å²) in [5.41, 5.74) is 3.80. The Labute approximate surface area is 176 Å². The molecule has 0 bridgehead atoms. The van der Waals surface area contributed by atoms with Gasteiger partial charge < -0.3 is 15.4 Å². The number of rotatable bonds is 10. The standard InChI is InChI=1S/C19H24FN5O6/c1-3-5-9-23(16-17(21)24(8-4-2)19(28)22-18(16)27)15(26)11-31-14-10-12(20)6-7-13(14)25(29)30/h6-7,10H,3-5,8-9,11,21H2,1-2H3,(H,22,27,28). The molecule has 11 nitrogen and oxygen atoms in total. The van der Waals surface area contributed by atoms with Crippen molar-refractivity contribution in [1.29, 1.82) is 0 Å². The van der Waals surface area contributed by atoms with Crippen molar-refractivity contribution in [3.8, 4) is 5.75 Å². The molecule has 12 heteroatoms. The fourth-order valence-corrected chi connectivity index (χ4v) is 2.93. The molecule has 1 aromatic heterocycles. The van der Waals surface area contributed by atoms with Crippen molar-refractivity contribution in [1.82, 2.24) is 9.55 Å². The van der Waals surface area contributed by atoms with Gasteiger partial charge in [0.05, 0.1) is 4.92 Å². The number of aromatic nitrogens is 2. The van der Waals surface area contributed by atoms with E-state index in [2.05, 4.69) is 4.98 Å². The number of unbranched alkanes of at least 4 members (excludes halogenated alkanes) is 1. The number of nitrogen functional groups attached to an aromatic ring is 1. The molecule has 0 fully saturated rings. The number of benzene rings is 1. The van der Waals surface area contributed by atoms with E-state index in [1.807, 2.05) is 13.8 Å². The van der Waals surface area contributed by atoms with Crippen molar-refractivity contribution in [3.05, 3.63) is 55.0 Å². The molecule has 1 heterocycles. The summed E-state index contributed by atoms with van der Waals surface area (Å²) in [5.74, 6) is -2.10. The molecule has 0 aliphatic heterocycles. The first-order valence-corrected chi connectivity index (χ1v) is 9.70. The van der Waals surface area contributed by atoms with E-state index in [0.717, 1.165) is 27.7 Å². The Morgan fingerprint density at radius 2 is 2.03 bits per heavy atom. The highest BCUT2D eigenvalue weighted by Crippen LogP contribution is 2.27. The maximum absolute atomic E-state index is 13.5. The maximum atomic E-state index is 13.5. The predicted octanol–water partition coefficient (Wildman–Crippen LogP) is 1.79. The Balaban J connectivity index is 2.40. The summed E-state index contributed by atoms with van der Waals surface area (Å²) >= 11 is 0. The largest absolute Gasteiger partial charge is 0.477 e. The van der Waals surface area contributed by atoms with Gasteiger partial charge in [-0.1, -0.05) is 20.3 Å². The number of nitro groups is 1. The van der Waals surface area contributed by atoms with Crippen molar-refractivity contribution in [2.45, 2.75) is 39.7 Å². The Bertz CT molecular complexity index is 1080. The SMILES string of the molecule is CCCCN(C(=O)COc1cc(F)ccc1[N+](=O)[O-])c1c(N)n(CCC)c(=O)[nH]c1=O. The summed E-state index contributed by atoms with van der Waals surface area (Å²) in [6.07, 6.45) is 1.76. The predicted molar refractivity (Wildman–Crippen MR) is 112 cm³/mol. The second kappa shape index (κ2) is 10.4. The molecule has 0 unspecified atom stereocenters. The van der Waals surface area contributed by atoms with Crippen molar-refractivity contribution >= 4 is 23.1 Å². The molecule has 31 heavy (non-hydrogen) atoms. The molecule has 0 saturated carbocycles. The lowest BCUT2D eigenvalue weighted by atomic mass is 10.2. The van der Waals surface area contributed by atoms with Crippen molar-refractivity contribution in [2.24, 2.45) is 0 Å². The van der Waals surface area contributed by atoms with Gasteiger partial charge in [-0.25, -0.2) is 9.18 Å². The average Bonchev–Trinajstić information content (AvgIpc) is 2.71. The van der Waals surface area contributed by atoms with Crippen LogP contribution in [0.2, 0.25) is 0 Å². The van der Waals surface area contributed by atoms with Crippen LogP contribution in [0.15, 0.2) is 27.8 Å². The lowest BCUT2D eigenvalue weighted by molar-refractivity contribution is -0.385. The molecule has 0 saturated heterocycles. The smallest absolute Gasteiger partial charge is 0.330 e. The number of H-pyrrole nitrogens is 1. The molecule has 0 aliphatic rings. The Kier molecular flexibility index (Phi) is 7.88. The van der Waals surface area contributed by atoms with Gasteiger partial charge >= 0.3 is 11.4 Å². The number of anilines is 2. The van der Waals surface area contributed by atoms with Crippen LogP contribution in [0, 0.1) is 15.9 Å². The van der Waals surface area contributed by atoms with Crippen LogP contribution in [0.4, 0.5) is 21.6 Å². The van der Waals surface area contributed by atoms with E-state index in [1.54, 1.807) is 0 Å². The van der Waals surface area contributed by atoms with Gasteiger partial charge in [0.1, 0.15) is 11.6 Å². The van der Waals surface area contributed by atoms with E-state index in [9.17, 15) is 28.9 Å².